The number of thiocarbonyl (C=S) groups is 1. The fraction of sp³-hybridized carbons (Fsp3) is 0.125. The molecule has 0 aliphatic heterocycles. The molecule has 0 spiro atoms. The Kier molecular flexibility index (Phi) is 5.43. The summed E-state index contributed by atoms with van der Waals surface area (Å²) in [5.74, 6) is -0.857. The summed E-state index contributed by atoms with van der Waals surface area (Å²) in [5.41, 5.74) is 1.12. The number of ether oxygens (including phenoxy) is 1. The van der Waals surface area contributed by atoms with Gasteiger partial charge in [-0.1, -0.05) is 24.3 Å². The number of halogens is 1. The topological polar surface area (TPSA) is 50.4 Å². The normalized spacial score (nSPS) is 9.91. The van der Waals surface area contributed by atoms with Crippen LogP contribution in [0.3, 0.4) is 0 Å². The zero-order valence-electron chi connectivity index (χ0n) is 11.9. The molecule has 2 aromatic rings. The molecule has 0 unspecified atom stereocenters. The van der Waals surface area contributed by atoms with Crippen LogP contribution < -0.4 is 10.6 Å². The van der Waals surface area contributed by atoms with Crippen molar-refractivity contribution in [1.29, 1.82) is 0 Å². The van der Waals surface area contributed by atoms with Crippen molar-refractivity contribution in [1.82, 2.24) is 0 Å². The first-order valence-electron chi connectivity index (χ1n) is 6.70. The van der Waals surface area contributed by atoms with Crippen LogP contribution >= 0.6 is 12.2 Å². The Morgan fingerprint density at radius 1 is 1.09 bits per heavy atom. The van der Waals surface area contributed by atoms with Crippen LogP contribution in [0.5, 0.6) is 0 Å². The molecule has 0 amide bonds. The van der Waals surface area contributed by atoms with E-state index in [-0.39, 0.29) is 17.4 Å². The Balaban J connectivity index is 2.12. The maximum absolute atomic E-state index is 13.6. The summed E-state index contributed by atoms with van der Waals surface area (Å²) in [6, 6.07) is 13.0. The van der Waals surface area contributed by atoms with Gasteiger partial charge in [0, 0.05) is 0 Å². The molecule has 0 radical (unpaired) electrons. The zero-order valence-corrected chi connectivity index (χ0v) is 12.7. The lowest BCUT2D eigenvalue weighted by Gasteiger charge is -2.13. The second-order valence-electron chi connectivity index (χ2n) is 4.33. The predicted molar refractivity (Wildman–Crippen MR) is 88.6 cm³/mol. The summed E-state index contributed by atoms with van der Waals surface area (Å²) < 4.78 is 18.6. The van der Waals surface area contributed by atoms with Crippen LogP contribution in [0.2, 0.25) is 0 Å². The average Bonchev–Trinajstić information content (AvgIpc) is 2.50. The first kappa shape index (κ1) is 15.9. The van der Waals surface area contributed by atoms with E-state index in [1.807, 2.05) is 0 Å². The molecular weight excluding hydrogens is 303 g/mol. The minimum absolute atomic E-state index is 0.182. The molecule has 0 atom stereocenters. The minimum Gasteiger partial charge on any atom is -0.462 e. The number of para-hydroxylation sites is 2. The zero-order chi connectivity index (χ0) is 15.9. The molecule has 0 heterocycles. The molecule has 4 nitrogen and oxygen atoms in total. The Morgan fingerprint density at radius 2 is 1.68 bits per heavy atom. The van der Waals surface area contributed by atoms with Crippen LogP contribution in [0.25, 0.3) is 0 Å². The standard InChI is InChI=1S/C16H15FN2O2S/c1-2-21-15(20)11-7-3-5-9-13(11)18-16(22)19-14-10-6-4-8-12(14)17/h3-10H,2H2,1H3,(H2,18,19,22). The number of rotatable bonds is 4. The van der Waals surface area contributed by atoms with Gasteiger partial charge in [0.1, 0.15) is 5.82 Å². The van der Waals surface area contributed by atoms with E-state index in [9.17, 15) is 9.18 Å². The van der Waals surface area contributed by atoms with E-state index in [1.54, 1.807) is 49.4 Å². The second kappa shape index (κ2) is 7.51. The smallest absolute Gasteiger partial charge is 0.340 e. The SMILES string of the molecule is CCOC(=O)c1ccccc1NC(=S)Nc1ccccc1F. The van der Waals surface area contributed by atoms with E-state index in [0.717, 1.165) is 0 Å². The van der Waals surface area contributed by atoms with Crippen molar-refractivity contribution in [3.63, 3.8) is 0 Å². The average molecular weight is 318 g/mol. The third kappa shape index (κ3) is 4.02. The summed E-state index contributed by atoms with van der Waals surface area (Å²) in [4.78, 5) is 11.9. The molecule has 2 aromatic carbocycles. The Morgan fingerprint density at radius 3 is 2.36 bits per heavy atom. The van der Waals surface area contributed by atoms with Gasteiger partial charge in [-0.05, 0) is 43.4 Å². The van der Waals surface area contributed by atoms with Crippen LogP contribution in [0.1, 0.15) is 17.3 Å². The molecule has 0 aliphatic rings. The minimum atomic E-state index is -0.445. The second-order valence-corrected chi connectivity index (χ2v) is 4.73. The van der Waals surface area contributed by atoms with Crippen LogP contribution in [0.15, 0.2) is 48.5 Å². The van der Waals surface area contributed by atoms with E-state index in [1.165, 1.54) is 6.07 Å². The quantitative estimate of drug-likeness (QED) is 0.663. The molecule has 0 bridgehead atoms. The van der Waals surface area contributed by atoms with Crippen molar-refractivity contribution in [2.45, 2.75) is 6.92 Å². The maximum atomic E-state index is 13.6. The van der Waals surface area contributed by atoms with Gasteiger partial charge in [0.15, 0.2) is 5.11 Å². The number of anilines is 2. The molecule has 2 N–H and O–H groups in total. The first-order valence-corrected chi connectivity index (χ1v) is 7.11. The molecule has 114 valence electrons. The molecule has 6 heteroatoms. The molecule has 0 saturated heterocycles. The van der Waals surface area contributed by atoms with Crippen molar-refractivity contribution in [3.8, 4) is 0 Å². The highest BCUT2D eigenvalue weighted by atomic mass is 32.1. The highest BCUT2D eigenvalue weighted by Gasteiger charge is 2.13. The van der Waals surface area contributed by atoms with E-state index in [0.29, 0.717) is 11.3 Å². The van der Waals surface area contributed by atoms with Crippen molar-refractivity contribution in [3.05, 3.63) is 59.9 Å². The highest BCUT2D eigenvalue weighted by Crippen LogP contribution is 2.18. The van der Waals surface area contributed by atoms with Crippen LogP contribution in [-0.2, 0) is 4.74 Å². The van der Waals surface area contributed by atoms with Crippen molar-refractivity contribution in [2.75, 3.05) is 17.2 Å². The number of carbonyl (C=O) groups is 1. The molecule has 0 aromatic heterocycles. The summed E-state index contributed by atoms with van der Waals surface area (Å²) in [7, 11) is 0. The number of carbonyl (C=O) groups excluding carboxylic acids is 1. The largest absolute Gasteiger partial charge is 0.462 e. The molecule has 2 rings (SSSR count). The maximum Gasteiger partial charge on any atom is 0.340 e. The monoisotopic (exact) mass is 318 g/mol. The Labute approximate surface area is 133 Å². The lowest BCUT2D eigenvalue weighted by atomic mass is 10.2. The molecule has 22 heavy (non-hydrogen) atoms. The molecule has 0 saturated carbocycles. The number of hydrogen-bond donors (Lipinski definition) is 2. The third-order valence-corrected chi connectivity index (χ3v) is 3.00. The van der Waals surface area contributed by atoms with Gasteiger partial charge in [-0.2, -0.15) is 0 Å². The van der Waals surface area contributed by atoms with E-state index < -0.39 is 11.8 Å². The van der Waals surface area contributed by atoms with Crippen LogP contribution in [0.4, 0.5) is 15.8 Å². The summed E-state index contributed by atoms with van der Waals surface area (Å²) in [5, 5.41) is 5.81. The summed E-state index contributed by atoms with van der Waals surface area (Å²) >= 11 is 5.15. The lowest BCUT2D eigenvalue weighted by Crippen LogP contribution is -2.21. The van der Waals surface area contributed by atoms with Gasteiger partial charge in [0.2, 0.25) is 0 Å². The number of esters is 1. The first-order chi connectivity index (χ1) is 10.6. The van der Waals surface area contributed by atoms with E-state index in [2.05, 4.69) is 10.6 Å². The number of hydrogen-bond acceptors (Lipinski definition) is 3. The highest BCUT2D eigenvalue weighted by molar-refractivity contribution is 7.80. The number of benzene rings is 2. The summed E-state index contributed by atoms with van der Waals surface area (Å²) in [6.45, 7) is 2.02. The lowest BCUT2D eigenvalue weighted by molar-refractivity contribution is 0.0527. The predicted octanol–water partition coefficient (Wildman–Crippen LogP) is 3.81. The van der Waals surface area contributed by atoms with Crippen molar-refractivity contribution < 1.29 is 13.9 Å². The fourth-order valence-corrected chi connectivity index (χ4v) is 2.04. The van der Waals surface area contributed by atoms with Gasteiger partial charge >= 0.3 is 5.97 Å². The Hall–Kier alpha value is -2.47. The van der Waals surface area contributed by atoms with E-state index >= 15 is 0 Å². The van der Waals surface area contributed by atoms with Gasteiger partial charge < -0.3 is 15.4 Å². The van der Waals surface area contributed by atoms with Gasteiger partial charge in [-0.15, -0.1) is 0 Å². The molecule has 0 fully saturated rings. The summed E-state index contributed by atoms with van der Waals surface area (Å²) in [6.07, 6.45) is 0. The fourth-order valence-electron chi connectivity index (χ4n) is 1.82. The van der Waals surface area contributed by atoms with Gasteiger partial charge in [-0.3, -0.25) is 0 Å². The van der Waals surface area contributed by atoms with Gasteiger partial charge in [-0.25, -0.2) is 9.18 Å². The third-order valence-electron chi connectivity index (χ3n) is 2.79. The van der Waals surface area contributed by atoms with Crippen LogP contribution in [-0.4, -0.2) is 17.7 Å². The van der Waals surface area contributed by atoms with E-state index in [4.69, 9.17) is 17.0 Å². The van der Waals surface area contributed by atoms with Crippen LogP contribution in [0, 0.1) is 5.82 Å². The van der Waals surface area contributed by atoms with Crippen molar-refractivity contribution >= 4 is 34.7 Å². The Bertz CT molecular complexity index is 691. The van der Waals surface area contributed by atoms with Gasteiger partial charge in [0.05, 0.1) is 23.5 Å². The number of nitrogens with one attached hydrogen (secondary N) is 2. The molecule has 0 aliphatic carbocycles. The van der Waals surface area contributed by atoms with Gasteiger partial charge in [0.25, 0.3) is 0 Å². The van der Waals surface area contributed by atoms with Crippen molar-refractivity contribution in [2.24, 2.45) is 0 Å². The molecular formula is C16H15FN2O2S.